The lowest BCUT2D eigenvalue weighted by Gasteiger charge is -2.41. The summed E-state index contributed by atoms with van der Waals surface area (Å²) in [5.74, 6) is -1.22. The number of hydrogen-bond donors (Lipinski definition) is 1. The van der Waals surface area contributed by atoms with Crippen LogP contribution >= 0.6 is 0 Å². The zero-order valence-corrected chi connectivity index (χ0v) is 18.1. The van der Waals surface area contributed by atoms with E-state index in [2.05, 4.69) is 0 Å². The molecule has 2 aliphatic heterocycles. The molecule has 0 bridgehead atoms. The van der Waals surface area contributed by atoms with Crippen molar-refractivity contribution >= 4 is 11.5 Å². The average molecular weight is 440 g/mol. The zero-order chi connectivity index (χ0) is 22.9. The van der Waals surface area contributed by atoms with Crippen molar-refractivity contribution < 1.29 is 28.5 Å². The van der Waals surface area contributed by atoms with Gasteiger partial charge in [0.2, 0.25) is 0 Å². The molecule has 2 unspecified atom stereocenters. The second-order valence-electron chi connectivity index (χ2n) is 8.28. The predicted octanol–water partition coefficient (Wildman–Crippen LogP) is 3.62. The summed E-state index contributed by atoms with van der Waals surface area (Å²) >= 11 is 0. The minimum atomic E-state index is -1.19. The Morgan fingerprint density at radius 2 is 2.09 bits per heavy atom. The third-order valence-electron chi connectivity index (χ3n) is 6.11. The molecule has 0 radical (unpaired) electrons. The number of Topliss-reactive ketones (excluding diaryl/α,β-unsaturated/α-hetero) is 1. The summed E-state index contributed by atoms with van der Waals surface area (Å²) in [5.41, 5.74) is -0.0426. The van der Waals surface area contributed by atoms with Crippen molar-refractivity contribution in [3.05, 3.63) is 47.3 Å². The van der Waals surface area contributed by atoms with E-state index in [1.807, 2.05) is 11.0 Å². The first-order chi connectivity index (χ1) is 15.3. The highest BCUT2D eigenvalue weighted by molar-refractivity contribution is 6.05. The van der Waals surface area contributed by atoms with Gasteiger partial charge in [0, 0.05) is 42.9 Å². The molecule has 0 spiro atoms. The lowest BCUT2D eigenvalue weighted by Crippen LogP contribution is -2.52. The Bertz CT molecular complexity index is 1080. The van der Waals surface area contributed by atoms with E-state index in [0.717, 1.165) is 5.69 Å². The minimum absolute atomic E-state index is 0.0710. The van der Waals surface area contributed by atoms with E-state index in [0.29, 0.717) is 37.6 Å². The highest BCUT2D eigenvalue weighted by Gasteiger charge is 2.48. The van der Waals surface area contributed by atoms with Crippen molar-refractivity contribution in [3.63, 3.8) is 0 Å². The number of ketones is 1. The quantitative estimate of drug-likeness (QED) is 0.759. The molecule has 2 aliphatic rings. The molecule has 1 saturated heterocycles. The fourth-order valence-corrected chi connectivity index (χ4v) is 4.19. The van der Waals surface area contributed by atoms with Crippen LogP contribution < -0.4 is 14.4 Å². The molecule has 168 valence electrons. The molecule has 1 N–H and O–H groups in total. The number of benzene rings is 2. The number of ether oxygens (including phenoxy) is 3. The van der Waals surface area contributed by atoms with Crippen LogP contribution in [0.2, 0.25) is 0 Å². The van der Waals surface area contributed by atoms with E-state index in [9.17, 15) is 19.6 Å². The van der Waals surface area contributed by atoms with Crippen LogP contribution in [0, 0.1) is 30.0 Å². The average Bonchev–Trinajstić information content (AvgIpc) is 2.78. The van der Waals surface area contributed by atoms with Crippen LogP contribution in [0.5, 0.6) is 17.2 Å². The van der Waals surface area contributed by atoms with Crippen molar-refractivity contribution in [1.82, 2.24) is 0 Å². The maximum absolute atomic E-state index is 13.9. The Morgan fingerprint density at radius 3 is 2.81 bits per heavy atom. The highest BCUT2D eigenvalue weighted by Crippen LogP contribution is 2.45. The number of carbonyl (C=O) groups excluding carboxylic acids is 1. The van der Waals surface area contributed by atoms with Crippen molar-refractivity contribution in [3.8, 4) is 23.3 Å². The third-order valence-corrected chi connectivity index (χ3v) is 6.11. The summed E-state index contributed by atoms with van der Waals surface area (Å²) < 4.78 is 31.4. The molecule has 0 aromatic heterocycles. The number of nitrogens with zero attached hydrogens (tertiary/aromatic N) is 2. The topological polar surface area (TPSA) is 92.0 Å². The maximum atomic E-state index is 13.9. The molecule has 2 atom stereocenters. The van der Waals surface area contributed by atoms with E-state index < -0.39 is 17.3 Å². The molecule has 1 fully saturated rings. The molecule has 0 saturated carbocycles. The third kappa shape index (κ3) is 3.96. The second kappa shape index (κ2) is 8.67. The number of nitriles is 1. The lowest BCUT2D eigenvalue weighted by molar-refractivity contribution is -0.0171. The normalized spacial score (nSPS) is 22.6. The number of halogens is 1. The van der Waals surface area contributed by atoms with Gasteiger partial charge in [-0.1, -0.05) is 6.07 Å². The van der Waals surface area contributed by atoms with Crippen LogP contribution in [0.15, 0.2) is 30.3 Å². The molecule has 2 aromatic rings. The van der Waals surface area contributed by atoms with Crippen molar-refractivity contribution in [2.24, 2.45) is 5.92 Å². The number of phenolic OH excluding ortho intramolecular Hbond substituents is 1. The predicted molar refractivity (Wildman–Crippen MR) is 115 cm³/mol. The molecule has 0 amide bonds. The lowest BCUT2D eigenvalue weighted by atomic mass is 9.78. The van der Waals surface area contributed by atoms with Crippen molar-refractivity contribution in [2.45, 2.75) is 25.9 Å². The van der Waals surface area contributed by atoms with E-state index in [4.69, 9.17) is 14.2 Å². The molecule has 7 nitrogen and oxygen atoms in total. The van der Waals surface area contributed by atoms with Gasteiger partial charge in [-0.05, 0) is 26.0 Å². The van der Waals surface area contributed by atoms with Gasteiger partial charge in [0.1, 0.15) is 35.2 Å². The summed E-state index contributed by atoms with van der Waals surface area (Å²) in [6, 6.07) is 9.84. The maximum Gasteiger partial charge on any atom is 0.178 e. The number of aromatic hydroxyl groups is 1. The van der Waals surface area contributed by atoms with Gasteiger partial charge >= 0.3 is 0 Å². The molecule has 0 aliphatic carbocycles. The second-order valence-corrected chi connectivity index (χ2v) is 8.28. The molecular formula is C24H25FN2O5. The van der Waals surface area contributed by atoms with Gasteiger partial charge in [0.05, 0.1) is 25.2 Å². The van der Waals surface area contributed by atoms with Crippen LogP contribution in [-0.4, -0.2) is 49.4 Å². The van der Waals surface area contributed by atoms with Crippen molar-refractivity contribution in [1.29, 1.82) is 5.26 Å². The SMILES string of the molecule is Cc1c(F)cccc1OCC1(C)Oc2cc(N3CCOCC3)cc(O)c2C(=O)C1CC#N. The fourth-order valence-electron chi connectivity index (χ4n) is 4.19. The fraction of sp³-hybridized carbons (Fsp3) is 0.417. The van der Waals surface area contributed by atoms with Gasteiger partial charge in [0.15, 0.2) is 11.4 Å². The first-order valence-electron chi connectivity index (χ1n) is 10.5. The Morgan fingerprint density at radius 1 is 1.34 bits per heavy atom. The Kier molecular flexibility index (Phi) is 5.94. The number of fused-ring (bicyclic) bond motifs is 1. The van der Waals surface area contributed by atoms with Gasteiger partial charge in [-0.15, -0.1) is 0 Å². The largest absolute Gasteiger partial charge is 0.507 e. The van der Waals surface area contributed by atoms with Crippen LogP contribution in [0.3, 0.4) is 0 Å². The molecular weight excluding hydrogens is 415 g/mol. The first-order valence-corrected chi connectivity index (χ1v) is 10.5. The smallest absolute Gasteiger partial charge is 0.178 e. The Labute approximate surface area is 185 Å². The molecule has 4 rings (SSSR count). The highest BCUT2D eigenvalue weighted by atomic mass is 19.1. The molecule has 2 aromatic carbocycles. The van der Waals surface area contributed by atoms with Crippen LogP contribution in [0.4, 0.5) is 10.1 Å². The Balaban J connectivity index is 1.68. The Hall–Kier alpha value is -3.31. The van der Waals surface area contributed by atoms with Crippen LogP contribution in [0.1, 0.15) is 29.3 Å². The molecule has 2 heterocycles. The van der Waals surface area contributed by atoms with Crippen molar-refractivity contribution in [2.75, 3.05) is 37.8 Å². The number of carbonyl (C=O) groups is 1. The number of hydrogen-bond acceptors (Lipinski definition) is 7. The van der Waals surface area contributed by atoms with Gasteiger partial charge in [0.25, 0.3) is 0 Å². The van der Waals surface area contributed by atoms with Gasteiger partial charge in [-0.3, -0.25) is 4.79 Å². The van der Waals surface area contributed by atoms with Crippen LogP contribution in [-0.2, 0) is 4.74 Å². The number of rotatable bonds is 5. The number of morpholine rings is 1. The number of anilines is 1. The van der Waals surface area contributed by atoms with E-state index in [1.165, 1.54) is 6.07 Å². The zero-order valence-electron chi connectivity index (χ0n) is 18.1. The molecule has 32 heavy (non-hydrogen) atoms. The molecule has 8 heteroatoms. The van der Waals surface area contributed by atoms with E-state index in [-0.39, 0.29) is 35.9 Å². The van der Waals surface area contributed by atoms with E-state index >= 15 is 0 Å². The van der Waals surface area contributed by atoms with Gasteiger partial charge in [-0.25, -0.2) is 4.39 Å². The van der Waals surface area contributed by atoms with Gasteiger partial charge in [-0.2, -0.15) is 5.26 Å². The monoisotopic (exact) mass is 440 g/mol. The van der Waals surface area contributed by atoms with Gasteiger partial charge < -0.3 is 24.2 Å². The summed E-state index contributed by atoms with van der Waals surface area (Å²) in [6.45, 7) is 5.68. The first kappa shape index (κ1) is 21.9. The minimum Gasteiger partial charge on any atom is -0.507 e. The summed E-state index contributed by atoms with van der Waals surface area (Å²) in [5, 5.41) is 20.0. The number of phenols is 1. The summed E-state index contributed by atoms with van der Waals surface area (Å²) in [7, 11) is 0. The van der Waals surface area contributed by atoms with Crippen LogP contribution in [0.25, 0.3) is 0 Å². The standard InChI is InChI=1S/C24H25FN2O5/c1-15-18(25)4-3-5-20(15)31-14-24(2)17(6-7-26)23(29)22-19(28)12-16(13-21(22)32-24)27-8-10-30-11-9-27/h3-5,12-13,17,28H,6,8-11,14H2,1-2H3. The summed E-state index contributed by atoms with van der Waals surface area (Å²) in [6.07, 6.45) is -0.106. The van der Waals surface area contributed by atoms with E-state index in [1.54, 1.807) is 38.1 Å². The summed E-state index contributed by atoms with van der Waals surface area (Å²) in [4.78, 5) is 15.4.